The van der Waals surface area contributed by atoms with Crippen molar-refractivity contribution in [3.63, 3.8) is 0 Å². The van der Waals surface area contributed by atoms with Gasteiger partial charge < -0.3 is 14.2 Å². The van der Waals surface area contributed by atoms with Gasteiger partial charge in [0.25, 0.3) is 0 Å². The first-order valence-corrected chi connectivity index (χ1v) is 10.4. The van der Waals surface area contributed by atoms with E-state index < -0.39 is 18.2 Å². The minimum absolute atomic E-state index is 0.112. The average Bonchev–Trinajstić information content (AvgIpc) is 3.20. The Hall–Kier alpha value is -3.80. The molecule has 1 unspecified atom stereocenters. The van der Waals surface area contributed by atoms with Gasteiger partial charge in [0.15, 0.2) is 11.9 Å². The second-order valence-electron chi connectivity index (χ2n) is 7.54. The lowest BCUT2D eigenvalue weighted by molar-refractivity contribution is -0.126. The number of cyclic esters (lactones) is 1. The number of aryl methyl sites for hydroxylation is 1. The molecule has 3 aromatic carbocycles. The van der Waals surface area contributed by atoms with Crippen LogP contribution >= 0.6 is 0 Å². The molecule has 4 rings (SSSR count). The number of hydrogen-bond acceptors (Lipinski definition) is 5. The predicted octanol–water partition coefficient (Wildman–Crippen LogP) is 4.97. The molecule has 6 nitrogen and oxygen atoms in total. The van der Waals surface area contributed by atoms with Crippen molar-refractivity contribution in [2.45, 2.75) is 25.0 Å². The number of ether oxygens (including phenoxy) is 3. The maximum absolute atomic E-state index is 13.2. The van der Waals surface area contributed by atoms with Crippen LogP contribution in [0.15, 0.2) is 78.9 Å². The van der Waals surface area contributed by atoms with E-state index >= 15 is 0 Å². The molecule has 164 valence electrons. The van der Waals surface area contributed by atoms with Gasteiger partial charge in [0, 0.05) is 12.1 Å². The normalized spacial score (nSPS) is 17.7. The number of anilines is 1. The smallest absolute Gasteiger partial charge is 0.415 e. The van der Waals surface area contributed by atoms with Crippen LogP contribution in [0.1, 0.15) is 23.6 Å². The van der Waals surface area contributed by atoms with Crippen molar-refractivity contribution in [1.82, 2.24) is 0 Å². The third-order valence-corrected chi connectivity index (χ3v) is 5.62. The molecular formula is C26H25NO5. The Morgan fingerprint density at radius 2 is 1.47 bits per heavy atom. The minimum atomic E-state index is -0.901. The zero-order valence-electron chi connectivity index (χ0n) is 18.1. The highest BCUT2D eigenvalue weighted by Gasteiger charge is 2.46. The Morgan fingerprint density at radius 1 is 0.875 bits per heavy atom. The van der Waals surface area contributed by atoms with Gasteiger partial charge >= 0.3 is 6.09 Å². The summed E-state index contributed by atoms with van der Waals surface area (Å²) in [5, 5.41) is 0. The molecule has 1 saturated heterocycles. The SMILES string of the molecule is COc1ccc(C2[C@@H](C(=O)CCc3ccccc3)OC(=O)N2c2ccc(OC)cc2)cc1. The molecule has 1 amide bonds. The number of Topliss-reactive ketones (excluding diaryl/α,β-unsaturated/α-hetero) is 1. The Morgan fingerprint density at radius 3 is 2.06 bits per heavy atom. The third kappa shape index (κ3) is 4.44. The van der Waals surface area contributed by atoms with E-state index in [9.17, 15) is 9.59 Å². The zero-order valence-corrected chi connectivity index (χ0v) is 18.1. The molecule has 0 aliphatic carbocycles. The van der Waals surface area contributed by atoms with Gasteiger partial charge in [0.2, 0.25) is 0 Å². The lowest BCUT2D eigenvalue weighted by Crippen LogP contribution is -2.33. The van der Waals surface area contributed by atoms with Crippen LogP contribution in [0, 0.1) is 0 Å². The minimum Gasteiger partial charge on any atom is -0.497 e. The molecule has 0 bridgehead atoms. The van der Waals surface area contributed by atoms with E-state index in [4.69, 9.17) is 14.2 Å². The number of nitrogens with zero attached hydrogens (tertiary/aromatic N) is 1. The standard InChI is InChI=1S/C26H25NO5/c1-30-21-13-9-19(10-14-21)24-25(23(28)17-8-18-6-4-3-5-7-18)32-26(29)27(24)20-11-15-22(31-2)16-12-20/h3-7,9-16,24-25H,8,17H2,1-2H3/t24?,25-/m1/s1. The van der Waals surface area contributed by atoms with Crippen molar-refractivity contribution in [1.29, 1.82) is 0 Å². The second-order valence-corrected chi connectivity index (χ2v) is 7.54. The van der Waals surface area contributed by atoms with Crippen molar-refractivity contribution in [2.75, 3.05) is 19.1 Å². The molecule has 0 N–H and O–H groups in total. The monoisotopic (exact) mass is 431 g/mol. The Balaban J connectivity index is 1.64. The van der Waals surface area contributed by atoms with Gasteiger partial charge in [-0.25, -0.2) is 4.79 Å². The maximum Gasteiger partial charge on any atom is 0.415 e. The summed E-state index contributed by atoms with van der Waals surface area (Å²) < 4.78 is 16.1. The summed E-state index contributed by atoms with van der Waals surface area (Å²) in [6.45, 7) is 0. The molecule has 1 fully saturated rings. The number of carbonyl (C=O) groups is 2. The first-order chi connectivity index (χ1) is 15.6. The lowest BCUT2D eigenvalue weighted by atomic mass is 9.94. The van der Waals surface area contributed by atoms with Gasteiger partial charge in [-0.05, 0) is 53.9 Å². The van der Waals surface area contributed by atoms with Crippen LogP contribution in [0.5, 0.6) is 11.5 Å². The molecule has 0 spiro atoms. The maximum atomic E-state index is 13.2. The zero-order chi connectivity index (χ0) is 22.5. The fourth-order valence-corrected chi connectivity index (χ4v) is 3.91. The summed E-state index contributed by atoms with van der Waals surface area (Å²) in [4.78, 5) is 27.7. The van der Waals surface area contributed by atoms with Crippen molar-refractivity contribution in [3.05, 3.63) is 90.0 Å². The van der Waals surface area contributed by atoms with Crippen LogP contribution in [-0.2, 0) is 16.0 Å². The highest BCUT2D eigenvalue weighted by molar-refractivity contribution is 5.97. The fraction of sp³-hybridized carbons (Fsp3) is 0.231. The van der Waals surface area contributed by atoms with E-state index in [0.29, 0.717) is 23.6 Å². The predicted molar refractivity (Wildman–Crippen MR) is 121 cm³/mol. The van der Waals surface area contributed by atoms with Gasteiger partial charge in [-0.15, -0.1) is 0 Å². The molecule has 6 heteroatoms. The van der Waals surface area contributed by atoms with Crippen molar-refractivity contribution in [2.24, 2.45) is 0 Å². The Labute approximate surface area is 187 Å². The number of rotatable bonds is 8. The lowest BCUT2D eigenvalue weighted by Gasteiger charge is -2.25. The highest BCUT2D eigenvalue weighted by atomic mass is 16.6. The molecule has 0 radical (unpaired) electrons. The second kappa shape index (κ2) is 9.56. The van der Waals surface area contributed by atoms with Gasteiger partial charge in [-0.3, -0.25) is 9.69 Å². The summed E-state index contributed by atoms with van der Waals surface area (Å²) >= 11 is 0. The Kier molecular flexibility index (Phi) is 6.40. The van der Waals surface area contributed by atoms with Gasteiger partial charge in [-0.2, -0.15) is 0 Å². The van der Waals surface area contributed by atoms with Crippen molar-refractivity contribution in [3.8, 4) is 11.5 Å². The van der Waals surface area contributed by atoms with E-state index in [1.54, 1.807) is 38.5 Å². The first kappa shape index (κ1) is 21.4. The van der Waals surface area contributed by atoms with E-state index in [1.807, 2.05) is 54.6 Å². The van der Waals surface area contributed by atoms with Gasteiger partial charge in [0.05, 0.1) is 14.2 Å². The number of amides is 1. The van der Waals surface area contributed by atoms with Crippen LogP contribution in [0.4, 0.5) is 10.5 Å². The summed E-state index contributed by atoms with van der Waals surface area (Å²) in [7, 11) is 3.18. The van der Waals surface area contributed by atoms with E-state index in [-0.39, 0.29) is 12.2 Å². The number of carbonyl (C=O) groups excluding carboxylic acids is 2. The summed E-state index contributed by atoms with van der Waals surface area (Å²) in [5.41, 5.74) is 2.50. The van der Waals surface area contributed by atoms with Gasteiger partial charge in [0.1, 0.15) is 17.5 Å². The third-order valence-electron chi connectivity index (χ3n) is 5.62. The van der Waals surface area contributed by atoms with Crippen LogP contribution in [0.2, 0.25) is 0 Å². The first-order valence-electron chi connectivity index (χ1n) is 10.4. The summed E-state index contributed by atoms with van der Waals surface area (Å²) in [6, 6.07) is 23.7. The summed E-state index contributed by atoms with van der Waals surface area (Å²) in [6.07, 6.45) is -0.577. The molecule has 1 heterocycles. The number of benzene rings is 3. The average molecular weight is 431 g/mol. The molecule has 3 aromatic rings. The van der Waals surface area contributed by atoms with Crippen LogP contribution in [-0.4, -0.2) is 32.2 Å². The van der Waals surface area contributed by atoms with Crippen LogP contribution in [0.25, 0.3) is 0 Å². The molecule has 2 atom stereocenters. The quantitative estimate of drug-likeness (QED) is 0.504. The topological polar surface area (TPSA) is 65.1 Å². The highest BCUT2D eigenvalue weighted by Crippen LogP contribution is 2.39. The molecule has 1 aliphatic rings. The van der Waals surface area contributed by atoms with Crippen molar-refractivity contribution < 1.29 is 23.8 Å². The largest absolute Gasteiger partial charge is 0.497 e. The van der Waals surface area contributed by atoms with E-state index in [1.165, 1.54) is 4.90 Å². The van der Waals surface area contributed by atoms with Crippen LogP contribution in [0.3, 0.4) is 0 Å². The molecular weight excluding hydrogens is 406 g/mol. The summed E-state index contributed by atoms with van der Waals surface area (Å²) in [5.74, 6) is 1.26. The van der Waals surface area contributed by atoms with E-state index in [2.05, 4.69) is 0 Å². The number of hydrogen-bond donors (Lipinski definition) is 0. The Bertz CT molecular complexity index is 1060. The number of ketones is 1. The number of methoxy groups -OCH3 is 2. The fourth-order valence-electron chi connectivity index (χ4n) is 3.91. The van der Waals surface area contributed by atoms with Crippen LogP contribution < -0.4 is 14.4 Å². The van der Waals surface area contributed by atoms with Crippen molar-refractivity contribution >= 4 is 17.6 Å². The van der Waals surface area contributed by atoms with Gasteiger partial charge in [-0.1, -0.05) is 42.5 Å². The molecule has 0 aromatic heterocycles. The van der Waals surface area contributed by atoms with E-state index in [0.717, 1.165) is 11.1 Å². The molecule has 1 aliphatic heterocycles. The molecule has 0 saturated carbocycles. The molecule has 32 heavy (non-hydrogen) atoms.